The molecular weight excluding hydrogens is 599 g/mol. The van der Waals surface area contributed by atoms with Crippen molar-refractivity contribution in [1.29, 1.82) is 0 Å². The number of hydrogen-bond acceptors (Lipinski definition) is 7. The van der Waals surface area contributed by atoms with E-state index in [4.69, 9.17) is 9.47 Å². The van der Waals surface area contributed by atoms with E-state index in [0.717, 1.165) is 29.7 Å². The van der Waals surface area contributed by atoms with Crippen LogP contribution in [0.3, 0.4) is 0 Å². The Hall–Kier alpha value is -5.32. The average molecular weight is 630 g/mol. The molecule has 11 heteroatoms. The zero-order chi connectivity index (χ0) is 33.2. The summed E-state index contributed by atoms with van der Waals surface area (Å²) in [6.45, 7) is 5.69. The second-order valence-electron chi connectivity index (χ2n) is 11.0. The number of ketones is 1. The maximum absolute atomic E-state index is 14.4. The Balaban J connectivity index is 1.74. The van der Waals surface area contributed by atoms with Crippen molar-refractivity contribution >= 4 is 23.5 Å². The van der Waals surface area contributed by atoms with Gasteiger partial charge in [0.05, 0.1) is 30.0 Å². The molecule has 1 amide bonds. The van der Waals surface area contributed by atoms with Crippen LogP contribution in [0.25, 0.3) is 0 Å². The van der Waals surface area contributed by atoms with Crippen molar-refractivity contribution in [2.24, 2.45) is 0 Å². The number of ether oxygens (including phenoxy) is 2. The average Bonchev–Trinajstić information content (AvgIpc) is 3.34. The fraction of sp³-hybridized carbons (Fsp3) is 0.229. The van der Waals surface area contributed by atoms with Gasteiger partial charge >= 0.3 is 12.1 Å². The predicted octanol–water partition coefficient (Wildman–Crippen LogP) is 7.08. The normalized spacial score (nSPS) is 15.7. The summed E-state index contributed by atoms with van der Waals surface area (Å²) in [5.41, 5.74) is 1.15. The van der Waals surface area contributed by atoms with Gasteiger partial charge in [0.2, 0.25) is 6.10 Å². The molecule has 0 radical (unpaired) electrons. The molecule has 8 nitrogen and oxygen atoms in total. The Morgan fingerprint density at radius 3 is 2.04 bits per heavy atom. The highest BCUT2D eigenvalue weighted by molar-refractivity contribution is 6.21. The third kappa shape index (κ3) is 6.39. The highest BCUT2D eigenvalue weighted by Crippen LogP contribution is 2.44. The van der Waals surface area contributed by atoms with E-state index < -0.39 is 47.3 Å². The van der Waals surface area contributed by atoms with E-state index in [1.165, 1.54) is 18.2 Å². The van der Waals surface area contributed by atoms with E-state index in [9.17, 15) is 27.6 Å². The zero-order valence-electron chi connectivity index (χ0n) is 25.4. The maximum Gasteiger partial charge on any atom is 0.416 e. The minimum absolute atomic E-state index is 0.0221. The SMILES string of the molecule is COC(=O)C(OC1=C(C(=O)c2ccc(C(C)C)cc2)C(c2ccc(C(F)(F)F)cc2)N(c2ccc(C)nn2)C1=O)c1ccccc1. The lowest BCUT2D eigenvalue weighted by Crippen LogP contribution is -2.32. The van der Waals surface area contributed by atoms with Crippen molar-refractivity contribution in [3.05, 3.63) is 136 Å². The molecule has 46 heavy (non-hydrogen) atoms. The highest BCUT2D eigenvalue weighted by atomic mass is 19.4. The molecular formula is C35H30F3N3O5. The second kappa shape index (κ2) is 13.0. The molecule has 3 aromatic carbocycles. The molecule has 2 atom stereocenters. The molecule has 2 heterocycles. The second-order valence-corrected chi connectivity index (χ2v) is 11.0. The smallest absolute Gasteiger partial charge is 0.416 e. The Kier molecular flexibility index (Phi) is 9.04. The van der Waals surface area contributed by atoms with E-state index in [-0.39, 0.29) is 28.4 Å². The number of methoxy groups -OCH3 is 1. The van der Waals surface area contributed by atoms with Crippen molar-refractivity contribution in [3.63, 3.8) is 0 Å². The first kappa shape index (κ1) is 32.1. The molecule has 0 fully saturated rings. The minimum Gasteiger partial charge on any atom is -0.468 e. The number of anilines is 1. The van der Waals surface area contributed by atoms with Gasteiger partial charge in [0.25, 0.3) is 5.91 Å². The number of benzene rings is 3. The van der Waals surface area contributed by atoms with Crippen LogP contribution >= 0.6 is 0 Å². The summed E-state index contributed by atoms with van der Waals surface area (Å²) in [4.78, 5) is 42.9. The topological polar surface area (TPSA) is 98.7 Å². The first-order chi connectivity index (χ1) is 21.9. The van der Waals surface area contributed by atoms with Crippen LogP contribution in [0.5, 0.6) is 0 Å². The minimum atomic E-state index is -4.61. The summed E-state index contributed by atoms with van der Waals surface area (Å²) in [6.07, 6.45) is -6.06. The number of carbonyl (C=O) groups is 3. The predicted molar refractivity (Wildman–Crippen MR) is 163 cm³/mol. The quantitative estimate of drug-likeness (QED) is 0.144. The molecule has 0 N–H and O–H groups in total. The van der Waals surface area contributed by atoms with E-state index >= 15 is 0 Å². The molecule has 0 saturated carbocycles. The third-order valence-corrected chi connectivity index (χ3v) is 7.61. The summed E-state index contributed by atoms with van der Waals surface area (Å²) in [5.74, 6) is -2.56. The fourth-order valence-electron chi connectivity index (χ4n) is 5.14. The standard InChI is InChI=1S/C35H30F3N3O5/c1-20(2)22-11-13-24(14-12-22)30(42)28-29(23-15-17-26(18-16-23)35(36,37)38)41(27-19-10-21(3)39-40-27)33(43)32(28)46-31(34(44)45-4)25-8-6-5-7-9-25/h5-20,29,31H,1-4H3. The largest absolute Gasteiger partial charge is 0.468 e. The van der Waals surface area contributed by atoms with Crippen LogP contribution < -0.4 is 4.90 Å². The van der Waals surface area contributed by atoms with Gasteiger partial charge in [0.1, 0.15) is 0 Å². The molecule has 0 bridgehead atoms. The number of aryl methyl sites for hydroxylation is 1. The number of rotatable bonds is 9. The molecule has 1 aliphatic rings. The lowest BCUT2D eigenvalue weighted by molar-refractivity contribution is -0.152. The Labute approximate surface area is 263 Å². The lowest BCUT2D eigenvalue weighted by atomic mass is 9.91. The van der Waals surface area contributed by atoms with Gasteiger partial charge in [-0.15, -0.1) is 5.10 Å². The summed E-state index contributed by atoms with van der Waals surface area (Å²) in [7, 11) is 1.16. The molecule has 0 aliphatic carbocycles. The number of hydrogen-bond donors (Lipinski definition) is 0. The number of aromatic nitrogens is 2. The van der Waals surface area contributed by atoms with Crippen LogP contribution in [-0.2, 0) is 25.2 Å². The van der Waals surface area contributed by atoms with Crippen molar-refractivity contribution < 1.29 is 37.0 Å². The number of amides is 1. The van der Waals surface area contributed by atoms with Crippen LogP contribution in [0.15, 0.2) is 102 Å². The van der Waals surface area contributed by atoms with Gasteiger partial charge in [0.15, 0.2) is 17.4 Å². The number of esters is 1. The monoisotopic (exact) mass is 629 g/mol. The number of alkyl halides is 3. The van der Waals surface area contributed by atoms with Crippen molar-refractivity contribution in [2.45, 2.75) is 45.0 Å². The van der Waals surface area contributed by atoms with Gasteiger partial charge in [-0.25, -0.2) is 4.79 Å². The lowest BCUT2D eigenvalue weighted by Gasteiger charge is -2.26. The Morgan fingerprint density at radius 1 is 0.848 bits per heavy atom. The van der Waals surface area contributed by atoms with Gasteiger partial charge in [0, 0.05) is 11.1 Å². The summed E-state index contributed by atoms with van der Waals surface area (Å²) in [5, 5.41) is 8.20. The van der Waals surface area contributed by atoms with Crippen LogP contribution in [-0.4, -0.2) is 35.0 Å². The molecule has 1 aromatic heterocycles. The maximum atomic E-state index is 14.4. The van der Waals surface area contributed by atoms with Crippen molar-refractivity contribution in [3.8, 4) is 0 Å². The first-order valence-electron chi connectivity index (χ1n) is 14.4. The van der Waals surface area contributed by atoms with Gasteiger partial charge in [-0.1, -0.05) is 80.6 Å². The molecule has 1 aliphatic heterocycles. The van der Waals surface area contributed by atoms with Gasteiger partial charge in [-0.3, -0.25) is 14.5 Å². The summed E-state index contributed by atoms with van der Waals surface area (Å²) in [6, 6.07) is 21.0. The van der Waals surface area contributed by atoms with Crippen LogP contribution in [0.4, 0.5) is 19.0 Å². The van der Waals surface area contributed by atoms with E-state index in [1.807, 2.05) is 13.8 Å². The molecule has 5 rings (SSSR count). The van der Waals surface area contributed by atoms with E-state index in [2.05, 4.69) is 10.2 Å². The first-order valence-corrected chi connectivity index (χ1v) is 14.4. The number of halogens is 3. The molecule has 0 saturated heterocycles. The third-order valence-electron chi connectivity index (χ3n) is 7.61. The number of carbonyl (C=O) groups excluding carboxylic acids is 3. The van der Waals surface area contributed by atoms with Crippen molar-refractivity contribution in [2.75, 3.05) is 12.0 Å². The summed E-state index contributed by atoms with van der Waals surface area (Å²) < 4.78 is 51.7. The van der Waals surface area contributed by atoms with Crippen LogP contribution in [0.2, 0.25) is 0 Å². The number of nitrogens with zero attached hydrogens (tertiary/aromatic N) is 3. The molecule has 4 aromatic rings. The van der Waals surface area contributed by atoms with E-state index in [0.29, 0.717) is 11.3 Å². The Bertz CT molecular complexity index is 1770. The molecule has 0 spiro atoms. The van der Waals surface area contributed by atoms with Gasteiger partial charge in [-0.05, 0) is 48.2 Å². The summed E-state index contributed by atoms with van der Waals surface area (Å²) >= 11 is 0. The van der Waals surface area contributed by atoms with Gasteiger partial charge < -0.3 is 9.47 Å². The molecule has 2 unspecified atom stereocenters. The Morgan fingerprint density at radius 2 is 1.50 bits per heavy atom. The fourth-order valence-corrected chi connectivity index (χ4v) is 5.14. The zero-order valence-corrected chi connectivity index (χ0v) is 25.4. The number of Topliss-reactive ketones (excluding diaryl/α,β-unsaturated/α-hetero) is 1. The molecule has 236 valence electrons. The van der Waals surface area contributed by atoms with E-state index in [1.54, 1.807) is 67.6 Å². The van der Waals surface area contributed by atoms with Gasteiger partial charge in [-0.2, -0.15) is 18.3 Å². The van der Waals surface area contributed by atoms with Crippen molar-refractivity contribution in [1.82, 2.24) is 10.2 Å². The van der Waals surface area contributed by atoms with Crippen LogP contribution in [0, 0.1) is 6.92 Å². The highest BCUT2D eigenvalue weighted by Gasteiger charge is 2.48. The van der Waals surface area contributed by atoms with Crippen LogP contribution in [0.1, 0.15) is 70.2 Å².